The Bertz CT molecular complexity index is 1760. The third-order valence-electron chi connectivity index (χ3n) is 5.66. The third-order valence-corrected chi connectivity index (χ3v) is 5.66. The van der Waals surface area contributed by atoms with Gasteiger partial charge in [0.05, 0.1) is 16.6 Å². The van der Waals surface area contributed by atoms with Crippen molar-refractivity contribution in [2.75, 3.05) is 17.6 Å². The Morgan fingerprint density at radius 3 is 2.53 bits per heavy atom. The number of aromatic nitrogens is 6. The summed E-state index contributed by atoms with van der Waals surface area (Å²) in [5, 5.41) is 3.51. The lowest BCUT2D eigenvalue weighted by molar-refractivity contribution is 0.580. The van der Waals surface area contributed by atoms with Crippen LogP contribution in [0.15, 0.2) is 66.0 Å². The molecule has 0 radical (unpaired) electrons. The smallest absolute Gasteiger partial charge is 0.266 e. The number of nitrogens with zero attached hydrogens (tertiary/aromatic N) is 6. The van der Waals surface area contributed by atoms with E-state index < -0.39 is 17.2 Å². The van der Waals surface area contributed by atoms with Gasteiger partial charge in [0.2, 0.25) is 5.82 Å². The number of rotatable bonds is 5. The number of benzene rings is 2. The molecule has 11 heteroatoms. The quantitative estimate of drug-likeness (QED) is 0.346. The number of anilines is 2. The van der Waals surface area contributed by atoms with Crippen LogP contribution in [-0.2, 0) is 6.42 Å². The van der Waals surface area contributed by atoms with Crippen molar-refractivity contribution < 1.29 is 8.78 Å². The van der Waals surface area contributed by atoms with Gasteiger partial charge in [-0.2, -0.15) is 0 Å². The number of halogens is 2. The van der Waals surface area contributed by atoms with E-state index in [0.717, 1.165) is 18.2 Å². The zero-order valence-corrected chi connectivity index (χ0v) is 20.1. The standard InChI is InChI=1S/C27H20F2N8O/c1-16-4-2-5-21-24(16)27(38)37(19-13-17(28)12-18(29)14-19)23(36-21)8-11-33-26-20(25(30)34-15-35-26)6-7-22-31-9-3-10-32-22/h2-5,9-10,12-15H,8,11H2,1H3,(H3,30,33,34,35). The van der Waals surface area contributed by atoms with Gasteiger partial charge in [0, 0.05) is 31.4 Å². The van der Waals surface area contributed by atoms with E-state index in [9.17, 15) is 13.6 Å². The molecule has 5 rings (SSSR count). The fourth-order valence-corrected chi connectivity index (χ4v) is 3.98. The van der Waals surface area contributed by atoms with Crippen molar-refractivity contribution in [3.05, 3.63) is 106 Å². The normalized spacial score (nSPS) is 10.7. The first-order valence-electron chi connectivity index (χ1n) is 11.5. The molecule has 0 fully saturated rings. The molecular weight excluding hydrogens is 490 g/mol. The van der Waals surface area contributed by atoms with Gasteiger partial charge in [-0.05, 0) is 42.7 Å². The largest absolute Gasteiger partial charge is 0.382 e. The van der Waals surface area contributed by atoms with Gasteiger partial charge >= 0.3 is 0 Å². The van der Waals surface area contributed by atoms with Crippen molar-refractivity contribution in [2.24, 2.45) is 0 Å². The molecule has 0 saturated carbocycles. The van der Waals surface area contributed by atoms with E-state index in [4.69, 9.17) is 5.73 Å². The number of hydrogen-bond donors (Lipinski definition) is 2. The molecule has 0 atom stereocenters. The Morgan fingerprint density at radius 2 is 1.76 bits per heavy atom. The van der Waals surface area contributed by atoms with Gasteiger partial charge in [-0.15, -0.1) is 0 Å². The van der Waals surface area contributed by atoms with Crippen molar-refractivity contribution in [2.45, 2.75) is 13.3 Å². The summed E-state index contributed by atoms with van der Waals surface area (Å²) in [5.41, 5.74) is 7.19. The molecule has 0 bridgehead atoms. The lowest BCUT2D eigenvalue weighted by Crippen LogP contribution is -2.26. The Hall–Kier alpha value is -5.24. The second kappa shape index (κ2) is 10.4. The molecule has 0 aliphatic rings. The van der Waals surface area contributed by atoms with Crippen LogP contribution in [-0.4, -0.2) is 36.0 Å². The number of hydrogen-bond acceptors (Lipinski definition) is 8. The highest BCUT2D eigenvalue weighted by atomic mass is 19.1. The summed E-state index contributed by atoms with van der Waals surface area (Å²) in [6.45, 7) is 2.03. The van der Waals surface area contributed by atoms with Gasteiger partial charge < -0.3 is 11.1 Å². The highest BCUT2D eigenvalue weighted by molar-refractivity contribution is 5.81. The minimum Gasteiger partial charge on any atom is -0.382 e. The van der Waals surface area contributed by atoms with E-state index in [1.807, 2.05) is 0 Å². The molecular formula is C27H20F2N8O. The van der Waals surface area contributed by atoms with Crippen molar-refractivity contribution in [1.29, 1.82) is 0 Å². The molecule has 9 nitrogen and oxygen atoms in total. The molecule has 0 aliphatic heterocycles. The van der Waals surface area contributed by atoms with Gasteiger partial charge in [-0.3, -0.25) is 9.36 Å². The van der Waals surface area contributed by atoms with Crippen LogP contribution >= 0.6 is 0 Å². The van der Waals surface area contributed by atoms with E-state index in [0.29, 0.717) is 39.5 Å². The fourth-order valence-electron chi connectivity index (χ4n) is 3.98. The Kier molecular flexibility index (Phi) is 6.69. The Labute approximate surface area is 215 Å². The molecule has 3 N–H and O–H groups in total. The van der Waals surface area contributed by atoms with Crippen LogP contribution in [0.2, 0.25) is 0 Å². The highest BCUT2D eigenvalue weighted by Crippen LogP contribution is 2.19. The maximum Gasteiger partial charge on any atom is 0.266 e. The minimum atomic E-state index is -0.803. The molecule has 0 aliphatic carbocycles. The van der Waals surface area contributed by atoms with Crippen LogP contribution in [0, 0.1) is 30.4 Å². The third kappa shape index (κ3) is 5.01. The van der Waals surface area contributed by atoms with Gasteiger partial charge in [-0.1, -0.05) is 18.1 Å². The maximum absolute atomic E-state index is 14.1. The van der Waals surface area contributed by atoms with Crippen LogP contribution in [0.4, 0.5) is 20.4 Å². The van der Waals surface area contributed by atoms with Crippen LogP contribution in [0.1, 0.15) is 22.8 Å². The molecule has 0 unspecified atom stereocenters. The summed E-state index contributed by atoms with van der Waals surface area (Å²) in [4.78, 5) is 34.5. The first kappa shape index (κ1) is 24.5. The van der Waals surface area contributed by atoms with Crippen LogP contribution in [0.5, 0.6) is 0 Å². The van der Waals surface area contributed by atoms with E-state index >= 15 is 0 Å². The number of nitrogen functional groups attached to an aromatic ring is 1. The lowest BCUT2D eigenvalue weighted by Gasteiger charge is -2.15. The Balaban J connectivity index is 1.50. The summed E-state index contributed by atoms with van der Waals surface area (Å²) in [7, 11) is 0. The number of aryl methyl sites for hydroxylation is 1. The number of fused-ring (bicyclic) bond motifs is 1. The monoisotopic (exact) mass is 510 g/mol. The number of nitrogens with one attached hydrogen (secondary N) is 1. The van der Waals surface area contributed by atoms with Crippen molar-refractivity contribution in [3.63, 3.8) is 0 Å². The SMILES string of the molecule is Cc1cccc2nc(CCNc3ncnc(N)c3C#Cc3ncccn3)n(-c3cc(F)cc(F)c3)c(=O)c12. The lowest BCUT2D eigenvalue weighted by atomic mass is 10.1. The molecule has 5 aromatic rings. The second-order valence-electron chi connectivity index (χ2n) is 8.25. The zero-order chi connectivity index (χ0) is 26.6. The summed E-state index contributed by atoms with van der Waals surface area (Å²) >= 11 is 0. The molecule has 3 heterocycles. The van der Waals surface area contributed by atoms with Crippen LogP contribution in [0.3, 0.4) is 0 Å². The molecule has 0 saturated heterocycles. The van der Waals surface area contributed by atoms with E-state index in [2.05, 4.69) is 42.1 Å². The van der Waals surface area contributed by atoms with E-state index in [-0.39, 0.29) is 24.5 Å². The van der Waals surface area contributed by atoms with Crippen molar-refractivity contribution in [1.82, 2.24) is 29.5 Å². The van der Waals surface area contributed by atoms with Crippen LogP contribution < -0.4 is 16.6 Å². The molecule has 2 aromatic carbocycles. The number of nitrogens with two attached hydrogens (primary N) is 1. The van der Waals surface area contributed by atoms with E-state index in [1.165, 1.54) is 10.9 Å². The fraction of sp³-hybridized carbons (Fsp3) is 0.111. The predicted octanol–water partition coefficient (Wildman–Crippen LogP) is 3.19. The van der Waals surface area contributed by atoms with Gasteiger partial charge in [0.15, 0.2) is 0 Å². The van der Waals surface area contributed by atoms with E-state index in [1.54, 1.807) is 43.6 Å². The van der Waals surface area contributed by atoms with Crippen molar-refractivity contribution in [3.8, 4) is 17.5 Å². The van der Waals surface area contributed by atoms with Crippen molar-refractivity contribution >= 4 is 22.5 Å². The molecule has 38 heavy (non-hydrogen) atoms. The molecule has 0 amide bonds. The summed E-state index contributed by atoms with van der Waals surface area (Å²) in [6.07, 6.45) is 4.65. The average molecular weight is 511 g/mol. The predicted molar refractivity (Wildman–Crippen MR) is 139 cm³/mol. The first-order valence-corrected chi connectivity index (χ1v) is 11.5. The summed E-state index contributed by atoms with van der Waals surface area (Å²) in [5.74, 6) is 5.25. The highest BCUT2D eigenvalue weighted by Gasteiger charge is 2.16. The summed E-state index contributed by atoms with van der Waals surface area (Å²) < 4.78 is 29.4. The second-order valence-corrected chi connectivity index (χ2v) is 8.25. The van der Waals surface area contributed by atoms with Gasteiger partial charge in [0.25, 0.3) is 5.56 Å². The molecule has 0 spiro atoms. The zero-order valence-electron chi connectivity index (χ0n) is 20.1. The molecule has 188 valence electrons. The van der Waals surface area contributed by atoms with Gasteiger partial charge in [0.1, 0.15) is 41.0 Å². The first-order chi connectivity index (χ1) is 18.4. The average Bonchev–Trinajstić information content (AvgIpc) is 2.88. The van der Waals surface area contributed by atoms with Crippen LogP contribution in [0.25, 0.3) is 16.6 Å². The topological polar surface area (TPSA) is 124 Å². The van der Waals surface area contributed by atoms with Gasteiger partial charge in [-0.25, -0.2) is 33.7 Å². The molecule has 3 aromatic heterocycles. The minimum absolute atomic E-state index is 0.0425. The maximum atomic E-state index is 14.1. The Morgan fingerprint density at radius 1 is 1.00 bits per heavy atom. The summed E-state index contributed by atoms with van der Waals surface area (Å²) in [6, 6.07) is 9.92.